The Bertz CT molecular complexity index is 547. The lowest BCUT2D eigenvalue weighted by Gasteiger charge is -2.51. The number of nitrogens with one attached hydrogen (secondary N) is 1. The first-order valence-corrected chi connectivity index (χ1v) is 8.29. The van der Waals surface area contributed by atoms with Crippen molar-refractivity contribution in [1.29, 1.82) is 0 Å². The van der Waals surface area contributed by atoms with Gasteiger partial charge in [-0.1, -0.05) is 11.6 Å². The molecule has 1 aromatic rings. The third-order valence-corrected chi connectivity index (χ3v) is 5.87. The van der Waals surface area contributed by atoms with Gasteiger partial charge in [-0.2, -0.15) is 5.10 Å². The lowest BCUT2D eigenvalue weighted by atomic mass is 9.86. The van der Waals surface area contributed by atoms with Crippen LogP contribution in [0.2, 0.25) is 5.15 Å². The van der Waals surface area contributed by atoms with Gasteiger partial charge in [-0.25, -0.2) is 0 Å². The third-order valence-electron chi connectivity index (χ3n) is 5.40. The van der Waals surface area contributed by atoms with Gasteiger partial charge < -0.3 is 5.32 Å². The van der Waals surface area contributed by atoms with Crippen LogP contribution in [-0.2, 0) is 13.6 Å². The highest BCUT2D eigenvalue weighted by molar-refractivity contribution is 6.30. The monoisotopic (exact) mass is 310 g/mol. The van der Waals surface area contributed by atoms with E-state index in [0.717, 1.165) is 36.4 Å². The molecule has 3 rings (SSSR count). The smallest absolute Gasteiger partial charge is 0.131 e. The van der Waals surface area contributed by atoms with Crippen LogP contribution in [0.3, 0.4) is 0 Å². The molecule has 0 bridgehead atoms. The highest BCUT2D eigenvalue weighted by atomic mass is 35.5. The predicted octanol–water partition coefficient (Wildman–Crippen LogP) is 2.73. The van der Waals surface area contributed by atoms with Crippen molar-refractivity contribution in [1.82, 2.24) is 20.0 Å². The van der Waals surface area contributed by atoms with E-state index < -0.39 is 0 Å². The summed E-state index contributed by atoms with van der Waals surface area (Å²) >= 11 is 6.43. The topological polar surface area (TPSA) is 33.1 Å². The second kappa shape index (κ2) is 4.97. The maximum absolute atomic E-state index is 6.43. The van der Waals surface area contributed by atoms with Crippen LogP contribution in [0.25, 0.3) is 0 Å². The fraction of sp³-hybridized carbons (Fsp3) is 0.812. The van der Waals surface area contributed by atoms with Crippen molar-refractivity contribution in [3.63, 3.8) is 0 Å². The van der Waals surface area contributed by atoms with Crippen molar-refractivity contribution in [2.45, 2.75) is 58.2 Å². The Morgan fingerprint density at radius 1 is 1.33 bits per heavy atom. The Morgan fingerprint density at radius 3 is 2.52 bits per heavy atom. The molecule has 21 heavy (non-hydrogen) atoms. The van der Waals surface area contributed by atoms with Gasteiger partial charge in [0.1, 0.15) is 5.15 Å². The summed E-state index contributed by atoms with van der Waals surface area (Å²) in [5.41, 5.74) is 2.61. The largest absolute Gasteiger partial charge is 0.308 e. The Kier molecular flexibility index (Phi) is 3.62. The SMILES string of the molecule is Cc1nn(C)c(Cl)c1CN1CC(C)(C2CC2)NCC1(C)C. The summed E-state index contributed by atoms with van der Waals surface area (Å²) in [6, 6.07) is 0. The number of halogens is 1. The highest BCUT2D eigenvalue weighted by Crippen LogP contribution is 2.43. The molecule has 0 amide bonds. The van der Waals surface area contributed by atoms with Crippen LogP contribution < -0.4 is 5.32 Å². The summed E-state index contributed by atoms with van der Waals surface area (Å²) < 4.78 is 1.78. The van der Waals surface area contributed by atoms with Gasteiger partial charge in [-0.3, -0.25) is 9.58 Å². The number of hydrogen-bond acceptors (Lipinski definition) is 3. The Labute approximate surface area is 132 Å². The quantitative estimate of drug-likeness (QED) is 0.932. The van der Waals surface area contributed by atoms with Crippen LogP contribution in [0.1, 0.15) is 44.9 Å². The first kappa shape index (κ1) is 15.3. The number of hydrogen-bond donors (Lipinski definition) is 1. The molecule has 2 heterocycles. The summed E-state index contributed by atoms with van der Waals surface area (Å²) in [4.78, 5) is 2.58. The van der Waals surface area contributed by atoms with Crippen LogP contribution >= 0.6 is 11.6 Å². The fourth-order valence-corrected chi connectivity index (χ4v) is 3.74. The molecule has 1 unspecified atom stereocenters. The molecule has 0 spiro atoms. The van der Waals surface area contributed by atoms with Crippen LogP contribution in [0.15, 0.2) is 0 Å². The highest BCUT2D eigenvalue weighted by Gasteiger charge is 2.48. The van der Waals surface area contributed by atoms with Crippen molar-refractivity contribution in [3.05, 3.63) is 16.4 Å². The maximum atomic E-state index is 6.43. The minimum absolute atomic E-state index is 0.139. The average molecular weight is 311 g/mol. The molecule has 1 atom stereocenters. The third kappa shape index (κ3) is 2.73. The second-order valence-corrected chi connectivity index (χ2v) is 8.05. The zero-order chi connectivity index (χ0) is 15.4. The molecule has 5 heteroatoms. The van der Waals surface area contributed by atoms with Gasteiger partial charge in [0.2, 0.25) is 0 Å². The van der Waals surface area contributed by atoms with Crippen LogP contribution in [0.4, 0.5) is 0 Å². The molecular weight excluding hydrogens is 284 g/mol. The van der Waals surface area contributed by atoms with E-state index in [9.17, 15) is 0 Å². The number of aromatic nitrogens is 2. The van der Waals surface area contributed by atoms with Crippen molar-refractivity contribution in [2.75, 3.05) is 13.1 Å². The van der Waals surface area contributed by atoms with E-state index in [1.54, 1.807) is 4.68 Å². The average Bonchev–Trinajstić information content (AvgIpc) is 3.20. The number of piperazine rings is 1. The predicted molar refractivity (Wildman–Crippen MR) is 86.6 cm³/mol. The van der Waals surface area contributed by atoms with Crippen LogP contribution in [-0.4, -0.2) is 38.8 Å². The minimum Gasteiger partial charge on any atom is -0.308 e. The molecule has 0 aromatic carbocycles. The summed E-state index contributed by atoms with van der Waals surface area (Å²) in [6.45, 7) is 12.0. The molecule has 4 nitrogen and oxygen atoms in total. The molecule has 1 aromatic heterocycles. The summed E-state index contributed by atoms with van der Waals surface area (Å²) in [5, 5.41) is 9.03. The first-order valence-electron chi connectivity index (χ1n) is 7.91. The van der Waals surface area contributed by atoms with Crippen molar-refractivity contribution in [3.8, 4) is 0 Å². The molecule has 1 aliphatic heterocycles. The summed E-state index contributed by atoms with van der Waals surface area (Å²) in [5.74, 6) is 0.835. The van der Waals surface area contributed by atoms with Gasteiger partial charge in [0, 0.05) is 43.3 Å². The van der Waals surface area contributed by atoms with Gasteiger partial charge in [0.05, 0.1) is 5.69 Å². The normalized spacial score (nSPS) is 29.8. The standard InChI is InChI=1S/C16H27ClN4/c1-11-13(14(17)20(5)19-11)8-21-10-16(4,12-6-7-12)18-9-15(21,2)3/h12,18H,6-10H2,1-5H3. The molecule has 1 saturated heterocycles. The van der Waals surface area contributed by atoms with E-state index in [-0.39, 0.29) is 11.1 Å². The summed E-state index contributed by atoms with van der Waals surface area (Å²) in [6.07, 6.45) is 2.73. The molecule has 0 radical (unpaired) electrons. The van der Waals surface area contributed by atoms with Gasteiger partial charge in [-0.05, 0) is 46.5 Å². The zero-order valence-corrected chi connectivity index (χ0v) is 14.6. The molecule has 1 aliphatic carbocycles. The van der Waals surface area contributed by atoms with Crippen LogP contribution in [0.5, 0.6) is 0 Å². The number of aryl methyl sites for hydroxylation is 2. The van der Waals surface area contributed by atoms with Gasteiger partial charge >= 0.3 is 0 Å². The first-order chi connectivity index (χ1) is 9.73. The van der Waals surface area contributed by atoms with Crippen molar-refractivity contribution < 1.29 is 0 Å². The van der Waals surface area contributed by atoms with E-state index in [0.29, 0.717) is 0 Å². The van der Waals surface area contributed by atoms with Crippen LogP contribution in [0, 0.1) is 12.8 Å². The number of nitrogens with zero attached hydrogens (tertiary/aromatic N) is 3. The van der Waals surface area contributed by atoms with Crippen molar-refractivity contribution in [2.24, 2.45) is 13.0 Å². The molecule has 1 saturated carbocycles. The molecule has 2 aliphatic rings. The van der Waals surface area contributed by atoms with E-state index in [1.165, 1.54) is 18.4 Å². The molecule has 1 N–H and O–H groups in total. The lowest BCUT2D eigenvalue weighted by molar-refractivity contribution is 0.0177. The minimum atomic E-state index is 0.139. The Balaban J connectivity index is 1.84. The van der Waals surface area contributed by atoms with E-state index in [4.69, 9.17) is 11.6 Å². The van der Waals surface area contributed by atoms with E-state index in [2.05, 4.69) is 43.0 Å². The zero-order valence-electron chi connectivity index (χ0n) is 13.8. The fourth-order valence-electron chi connectivity index (χ4n) is 3.50. The Hall–Kier alpha value is -0.580. The summed E-state index contributed by atoms with van der Waals surface area (Å²) in [7, 11) is 1.91. The van der Waals surface area contributed by atoms with Gasteiger partial charge in [0.15, 0.2) is 0 Å². The lowest BCUT2D eigenvalue weighted by Crippen LogP contribution is -2.67. The van der Waals surface area contributed by atoms with Gasteiger partial charge in [0.25, 0.3) is 0 Å². The molecular formula is C16H27ClN4. The maximum Gasteiger partial charge on any atom is 0.131 e. The van der Waals surface area contributed by atoms with Crippen molar-refractivity contribution >= 4 is 11.6 Å². The van der Waals surface area contributed by atoms with E-state index >= 15 is 0 Å². The number of rotatable bonds is 3. The van der Waals surface area contributed by atoms with E-state index in [1.807, 2.05) is 7.05 Å². The van der Waals surface area contributed by atoms with Gasteiger partial charge in [-0.15, -0.1) is 0 Å². The Morgan fingerprint density at radius 2 is 2.00 bits per heavy atom. The second-order valence-electron chi connectivity index (χ2n) is 7.69. The molecule has 118 valence electrons. The molecule has 2 fully saturated rings.